The van der Waals surface area contributed by atoms with E-state index in [4.69, 9.17) is 6.42 Å². The van der Waals surface area contributed by atoms with Gasteiger partial charge in [0, 0.05) is 26.2 Å². The molecule has 4 nitrogen and oxygen atoms in total. The number of carbonyl (C=O) groups is 1. The third-order valence-corrected chi connectivity index (χ3v) is 6.12. The highest BCUT2D eigenvalue weighted by atomic mass is 16.2. The van der Waals surface area contributed by atoms with Crippen LogP contribution in [0.1, 0.15) is 50.7 Å². The molecule has 3 atom stereocenters. The van der Waals surface area contributed by atoms with E-state index in [-0.39, 0.29) is 11.9 Å². The first kappa shape index (κ1) is 20.9. The van der Waals surface area contributed by atoms with Gasteiger partial charge < -0.3 is 5.32 Å². The van der Waals surface area contributed by atoms with Gasteiger partial charge in [0.2, 0.25) is 5.91 Å². The van der Waals surface area contributed by atoms with Crippen molar-refractivity contribution in [3.8, 4) is 12.3 Å². The Kier molecular flexibility index (Phi) is 7.53. The zero-order valence-corrected chi connectivity index (χ0v) is 17.5. The molecule has 1 aromatic carbocycles. The summed E-state index contributed by atoms with van der Waals surface area (Å²) in [4.78, 5) is 17.5. The molecule has 2 heterocycles. The van der Waals surface area contributed by atoms with Crippen LogP contribution in [0.4, 0.5) is 0 Å². The molecule has 1 amide bonds. The minimum Gasteiger partial charge on any atom is -0.351 e. The summed E-state index contributed by atoms with van der Waals surface area (Å²) in [6, 6.07) is 8.44. The summed E-state index contributed by atoms with van der Waals surface area (Å²) in [5.74, 6) is 4.32. The van der Waals surface area contributed by atoms with Crippen molar-refractivity contribution in [1.29, 1.82) is 0 Å². The molecule has 0 radical (unpaired) electrons. The fourth-order valence-corrected chi connectivity index (χ4v) is 4.94. The maximum absolute atomic E-state index is 12.8. The lowest BCUT2D eigenvalue weighted by Gasteiger charge is -2.35. The van der Waals surface area contributed by atoms with Gasteiger partial charge in [0.15, 0.2) is 0 Å². The molecule has 2 saturated heterocycles. The number of piperidine rings is 2. The van der Waals surface area contributed by atoms with Crippen molar-refractivity contribution >= 4 is 5.91 Å². The number of terminal acetylenes is 1. The monoisotopic (exact) mass is 381 g/mol. The number of amides is 1. The summed E-state index contributed by atoms with van der Waals surface area (Å²) in [6.45, 7) is 10.1. The van der Waals surface area contributed by atoms with Crippen LogP contribution >= 0.6 is 0 Å². The molecular weight excluding hydrogens is 346 g/mol. The lowest BCUT2D eigenvalue weighted by atomic mass is 9.91. The quantitative estimate of drug-likeness (QED) is 0.768. The van der Waals surface area contributed by atoms with Gasteiger partial charge in [0.05, 0.1) is 12.6 Å². The second kappa shape index (κ2) is 10.1. The van der Waals surface area contributed by atoms with Gasteiger partial charge in [-0.05, 0) is 48.8 Å². The van der Waals surface area contributed by atoms with Crippen molar-refractivity contribution in [1.82, 2.24) is 15.1 Å². The first-order chi connectivity index (χ1) is 13.6. The normalized spacial score (nSPS) is 26.5. The summed E-state index contributed by atoms with van der Waals surface area (Å²) in [5, 5.41) is 3.18. The van der Waals surface area contributed by atoms with E-state index >= 15 is 0 Å². The number of likely N-dealkylation sites (tertiary alicyclic amines) is 2. The molecule has 4 heteroatoms. The molecule has 0 aliphatic carbocycles. The van der Waals surface area contributed by atoms with Crippen LogP contribution in [0.25, 0.3) is 0 Å². The van der Waals surface area contributed by atoms with Crippen molar-refractivity contribution in [2.45, 2.75) is 58.7 Å². The Morgan fingerprint density at radius 2 is 1.89 bits per heavy atom. The van der Waals surface area contributed by atoms with E-state index in [0.717, 1.165) is 57.3 Å². The summed E-state index contributed by atoms with van der Waals surface area (Å²) in [5.41, 5.74) is 2.55. The molecular formula is C24H35N3O. The minimum absolute atomic E-state index is 0.0826. The predicted octanol–water partition coefficient (Wildman–Crippen LogP) is 3.27. The lowest BCUT2D eigenvalue weighted by Crippen LogP contribution is -2.49. The van der Waals surface area contributed by atoms with Gasteiger partial charge in [-0.1, -0.05) is 50.5 Å². The standard InChI is InChI=1S/C24H35N3O/c1-4-12-27-13-8-7-11-23(27)24(28)25-15-21-9-5-6-10-22(21)18-26-16-19(2)14-20(3)17-26/h1,5-6,9-10,19-20,23H,7-8,11-18H2,2-3H3,(H,25,28). The van der Waals surface area contributed by atoms with Gasteiger partial charge in [0.25, 0.3) is 0 Å². The van der Waals surface area contributed by atoms with Crippen LogP contribution in [0.5, 0.6) is 0 Å². The van der Waals surface area contributed by atoms with E-state index in [9.17, 15) is 4.79 Å². The lowest BCUT2D eigenvalue weighted by molar-refractivity contribution is -0.127. The van der Waals surface area contributed by atoms with Crippen molar-refractivity contribution < 1.29 is 4.79 Å². The Morgan fingerprint density at radius 3 is 2.61 bits per heavy atom. The van der Waals surface area contributed by atoms with Crippen LogP contribution in [-0.4, -0.2) is 47.9 Å². The number of hydrogen-bond acceptors (Lipinski definition) is 3. The average Bonchev–Trinajstić information content (AvgIpc) is 2.67. The fraction of sp³-hybridized carbons (Fsp3) is 0.625. The summed E-state index contributed by atoms with van der Waals surface area (Å²) < 4.78 is 0. The van der Waals surface area contributed by atoms with Crippen molar-refractivity contribution in [3.05, 3.63) is 35.4 Å². The Morgan fingerprint density at radius 1 is 1.18 bits per heavy atom. The highest BCUT2D eigenvalue weighted by molar-refractivity contribution is 5.81. The molecule has 0 bridgehead atoms. The third-order valence-electron chi connectivity index (χ3n) is 6.12. The molecule has 1 N–H and O–H groups in total. The molecule has 0 saturated carbocycles. The van der Waals surface area contributed by atoms with Crippen molar-refractivity contribution in [2.24, 2.45) is 11.8 Å². The molecule has 0 spiro atoms. The highest BCUT2D eigenvalue weighted by Crippen LogP contribution is 2.23. The summed E-state index contributed by atoms with van der Waals surface area (Å²) >= 11 is 0. The van der Waals surface area contributed by atoms with Gasteiger partial charge in [-0.15, -0.1) is 6.42 Å². The molecule has 1 aromatic rings. The zero-order valence-electron chi connectivity index (χ0n) is 17.5. The van der Waals surface area contributed by atoms with Crippen LogP contribution < -0.4 is 5.32 Å². The predicted molar refractivity (Wildman–Crippen MR) is 115 cm³/mol. The Labute approximate surface area is 170 Å². The number of nitrogens with one attached hydrogen (secondary N) is 1. The van der Waals surface area contributed by atoms with Gasteiger partial charge in [-0.3, -0.25) is 14.6 Å². The van der Waals surface area contributed by atoms with Crippen LogP contribution in [0.2, 0.25) is 0 Å². The Bertz CT molecular complexity index is 685. The van der Waals surface area contributed by atoms with Gasteiger partial charge in [-0.2, -0.15) is 0 Å². The minimum atomic E-state index is -0.0826. The Balaban J connectivity index is 1.60. The van der Waals surface area contributed by atoms with Crippen molar-refractivity contribution in [3.63, 3.8) is 0 Å². The molecule has 28 heavy (non-hydrogen) atoms. The molecule has 152 valence electrons. The largest absolute Gasteiger partial charge is 0.351 e. The van der Waals surface area contributed by atoms with Gasteiger partial charge >= 0.3 is 0 Å². The van der Waals surface area contributed by atoms with E-state index in [0.29, 0.717) is 13.1 Å². The number of carbonyl (C=O) groups excluding carboxylic acids is 1. The molecule has 2 aliphatic rings. The van der Waals surface area contributed by atoms with E-state index in [1.165, 1.54) is 17.5 Å². The van der Waals surface area contributed by atoms with Crippen LogP contribution in [0.15, 0.2) is 24.3 Å². The van der Waals surface area contributed by atoms with Crippen LogP contribution in [-0.2, 0) is 17.9 Å². The second-order valence-corrected chi connectivity index (χ2v) is 8.81. The Hall–Kier alpha value is -1.83. The number of benzene rings is 1. The first-order valence-corrected chi connectivity index (χ1v) is 10.8. The zero-order chi connectivity index (χ0) is 19.9. The fourth-order valence-electron chi connectivity index (χ4n) is 4.94. The van der Waals surface area contributed by atoms with Gasteiger partial charge in [-0.25, -0.2) is 0 Å². The van der Waals surface area contributed by atoms with Crippen molar-refractivity contribution in [2.75, 3.05) is 26.2 Å². The maximum atomic E-state index is 12.8. The number of rotatable bonds is 6. The summed E-state index contributed by atoms with van der Waals surface area (Å²) in [7, 11) is 0. The number of hydrogen-bond donors (Lipinski definition) is 1. The van der Waals surface area contributed by atoms with E-state index in [2.05, 4.69) is 59.1 Å². The summed E-state index contributed by atoms with van der Waals surface area (Å²) in [6.07, 6.45) is 9.94. The molecule has 0 aromatic heterocycles. The molecule has 2 fully saturated rings. The first-order valence-electron chi connectivity index (χ1n) is 10.8. The smallest absolute Gasteiger partial charge is 0.237 e. The molecule has 2 aliphatic heterocycles. The topological polar surface area (TPSA) is 35.6 Å². The van der Waals surface area contributed by atoms with E-state index in [1.807, 2.05) is 0 Å². The van der Waals surface area contributed by atoms with E-state index in [1.54, 1.807) is 0 Å². The number of nitrogens with zero attached hydrogens (tertiary/aromatic N) is 2. The third kappa shape index (κ3) is 5.59. The second-order valence-electron chi connectivity index (χ2n) is 8.81. The van der Waals surface area contributed by atoms with Crippen LogP contribution in [0, 0.1) is 24.2 Å². The van der Waals surface area contributed by atoms with Crippen LogP contribution in [0.3, 0.4) is 0 Å². The highest BCUT2D eigenvalue weighted by Gasteiger charge is 2.28. The molecule has 3 rings (SSSR count). The van der Waals surface area contributed by atoms with E-state index < -0.39 is 0 Å². The SMILES string of the molecule is C#CCN1CCCCC1C(=O)NCc1ccccc1CN1CC(C)CC(C)C1. The molecule has 3 unspecified atom stereocenters. The average molecular weight is 382 g/mol. The van der Waals surface area contributed by atoms with Gasteiger partial charge in [0.1, 0.15) is 0 Å². The maximum Gasteiger partial charge on any atom is 0.237 e.